The van der Waals surface area contributed by atoms with Gasteiger partial charge in [0.15, 0.2) is 0 Å². The van der Waals surface area contributed by atoms with E-state index in [1.165, 1.54) is 24.3 Å². The van der Waals surface area contributed by atoms with Crippen LogP contribution in [0.3, 0.4) is 0 Å². The number of nitrogens with zero attached hydrogens (tertiary/aromatic N) is 3. The maximum Gasteiger partial charge on any atom is 0.227 e. The van der Waals surface area contributed by atoms with Crippen LogP contribution in [0.25, 0.3) is 16.6 Å². The quantitative estimate of drug-likeness (QED) is 0.459. The number of nitrogens with two attached hydrogens (primary N) is 1. The van der Waals surface area contributed by atoms with E-state index in [1.54, 1.807) is 40.0 Å². The Bertz CT molecular complexity index is 1480. The third kappa shape index (κ3) is 3.39. The van der Waals surface area contributed by atoms with Crippen molar-refractivity contribution in [2.45, 2.75) is 25.3 Å². The molecule has 2 heterocycles. The Morgan fingerprint density at radius 1 is 0.971 bits per heavy atom. The van der Waals surface area contributed by atoms with Crippen LogP contribution in [0.4, 0.5) is 14.5 Å². The van der Waals surface area contributed by atoms with Gasteiger partial charge in [-0.05, 0) is 73.0 Å². The molecule has 2 atom stereocenters. The summed E-state index contributed by atoms with van der Waals surface area (Å²) in [6.07, 6.45) is 3.10. The van der Waals surface area contributed by atoms with Crippen molar-refractivity contribution < 1.29 is 18.4 Å². The number of rotatable bonds is 5. The molecule has 35 heavy (non-hydrogen) atoms. The maximum absolute atomic E-state index is 14.2. The Morgan fingerprint density at radius 2 is 1.71 bits per heavy atom. The number of hydrogen-bond donors (Lipinski definition) is 1. The summed E-state index contributed by atoms with van der Waals surface area (Å²) in [4.78, 5) is 27.4. The van der Waals surface area contributed by atoms with Crippen molar-refractivity contribution in [2.75, 3.05) is 4.90 Å². The lowest BCUT2D eigenvalue weighted by atomic mass is 9.79. The number of amides is 2. The van der Waals surface area contributed by atoms with Gasteiger partial charge in [0.1, 0.15) is 11.6 Å². The van der Waals surface area contributed by atoms with Crippen molar-refractivity contribution in [3.05, 3.63) is 90.1 Å². The lowest BCUT2D eigenvalue weighted by Crippen LogP contribution is -2.36. The van der Waals surface area contributed by atoms with Crippen LogP contribution >= 0.6 is 0 Å². The van der Waals surface area contributed by atoms with Crippen LogP contribution in [0, 0.1) is 23.0 Å². The van der Waals surface area contributed by atoms with E-state index in [2.05, 4.69) is 5.10 Å². The zero-order valence-corrected chi connectivity index (χ0v) is 18.7. The van der Waals surface area contributed by atoms with E-state index < -0.39 is 23.2 Å². The second kappa shape index (κ2) is 7.73. The number of primary amides is 1. The van der Waals surface area contributed by atoms with Crippen molar-refractivity contribution in [1.29, 1.82) is 0 Å². The van der Waals surface area contributed by atoms with Crippen LogP contribution in [-0.4, -0.2) is 21.6 Å². The van der Waals surface area contributed by atoms with Gasteiger partial charge >= 0.3 is 0 Å². The minimum absolute atomic E-state index is 0.137. The second-order valence-corrected chi connectivity index (χ2v) is 9.37. The number of aromatic nitrogens is 2. The summed E-state index contributed by atoms with van der Waals surface area (Å²) in [6.45, 7) is 0. The zero-order valence-electron chi connectivity index (χ0n) is 18.7. The Labute approximate surface area is 199 Å². The highest BCUT2D eigenvalue weighted by Gasteiger charge is 2.61. The van der Waals surface area contributed by atoms with E-state index >= 15 is 0 Å². The van der Waals surface area contributed by atoms with Crippen LogP contribution in [-0.2, 0) is 9.59 Å². The molecule has 1 aromatic heterocycles. The first kappa shape index (κ1) is 21.5. The third-order valence-electron chi connectivity index (χ3n) is 7.40. The summed E-state index contributed by atoms with van der Waals surface area (Å²) in [5, 5.41) is 5.23. The van der Waals surface area contributed by atoms with E-state index in [1.807, 2.05) is 18.2 Å². The normalized spacial score (nSPS) is 21.0. The second-order valence-electron chi connectivity index (χ2n) is 9.37. The van der Waals surface area contributed by atoms with Gasteiger partial charge in [0.05, 0.1) is 28.9 Å². The van der Waals surface area contributed by atoms with Crippen LogP contribution < -0.4 is 10.6 Å². The fraction of sp³-hybridized carbons (Fsp3) is 0.222. The van der Waals surface area contributed by atoms with E-state index in [4.69, 9.17) is 5.73 Å². The molecule has 4 aromatic rings. The van der Waals surface area contributed by atoms with Crippen LogP contribution in [0.15, 0.2) is 72.9 Å². The molecule has 176 valence electrons. The molecule has 0 unspecified atom stereocenters. The number of halogens is 2. The molecule has 1 aliphatic carbocycles. The zero-order chi connectivity index (χ0) is 24.3. The number of hydrogen-bond acceptors (Lipinski definition) is 3. The lowest BCUT2D eigenvalue weighted by Gasteiger charge is -2.32. The van der Waals surface area contributed by atoms with Gasteiger partial charge in [-0.1, -0.05) is 12.1 Å². The Morgan fingerprint density at radius 3 is 2.40 bits per heavy atom. The lowest BCUT2D eigenvalue weighted by molar-refractivity contribution is -0.125. The summed E-state index contributed by atoms with van der Waals surface area (Å²) >= 11 is 0. The minimum atomic E-state index is -0.751. The fourth-order valence-corrected chi connectivity index (χ4v) is 5.50. The molecular formula is C27H22F2N4O2. The van der Waals surface area contributed by atoms with Crippen molar-refractivity contribution in [3.63, 3.8) is 0 Å². The molecule has 2 aliphatic rings. The molecule has 1 saturated heterocycles. The Kier molecular flexibility index (Phi) is 4.74. The van der Waals surface area contributed by atoms with Gasteiger partial charge in [-0.15, -0.1) is 0 Å². The first-order valence-electron chi connectivity index (χ1n) is 11.5. The average Bonchev–Trinajstić information content (AvgIpc) is 3.44. The average molecular weight is 472 g/mol. The maximum atomic E-state index is 14.2. The van der Waals surface area contributed by atoms with Gasteiger partial charge in [-0.2, -0.15) is 5.10 Å². The van der Waals surface area contributed by atoms with E-state index in [0.717, 1.165) is 10.9 Å². The van der Waals surface area contributed by atoms with E-state index in [-0.39, 0.29) is 24.1 Å². The summed E-state index contributed by atoms with van der Waals surface area (Å²) in [6, 6.07) is 17.2. The van der Waals surface area contributed by atoms with Gasteiger partial charge in [-0.25, -0.2) is 13.5 Å². The molecule has 2 amide bonds. The Balaban J connectivity index is 1.44. The van der Waals surface area contributed by atoms with E-state index in [9.17, 15) is 18.4 Å². The van der Waals surface area contributed by atoms with Crippen LogP contribution in [0.5, 0.6) is 0 Å². The van der Waals surface area contributed by atoms with Crippen LogP contribution in [0.2, 0.25) is 0 Å². The number of carbonyl (C=O) groups is 2. The first-order valence-corrected chi connectivity index (χ1v) is 11.5. The van der Waals surface area contributed by atoms with Crippen molar-refractivity contribution in [2.24, 2.45) is 17.1 Å². The highest BCUT2D eigenvalue weighted by atomic mass is 19.1. The van der Waals surface area contributed by atoms with Gasteiger partial charge in [0, 0.05) is 23.4 Å². The number of anilines is 1. The van der Waals surface area contributed by atoms with Gasteiger partial charge in [0.2, 0.25) is 11.8 Å². The predicted octanol–water partition coefficient (Wildman–Crippen LogP) is 4.66. The number of fused-ring (bicyclic) bond motifs is 1. The molecule has 0 spiro atoms. The summed E-state index contributed by atoms with van der Waals surface area (Å²) in [5.74, 6) is -1.62. The molecule has 2 N–H and O–H groups in total. The molecule has 1 aliphatic heterocycles. The smallest absolute Gasteiger partial charge is 0.227 e. The summed E-state index contributed by atoms with van der Waals surface area (Å²) in [7, 11) is 0. The molecule has 0 bridgehead atoms. The van der Waals surface area contributed by atoms with Crippen molar-refractivity contribution >= 4 is 28.4 Å². The number of benzene rings is 3. The molecule has 1 saturated carbocycles. The third-order valence-corrected chi connectivity index (χ3v) is 7.40. The molecular weight excluding hydrogens is 450 g/mol. The molecule has 6 rings (SSSR count). The highest BCUT2D eigenvalue weighted by molar-refractivity contribution is 6.00. The molecule has 3 aromatic carbocycles. The SMILES string of the molecule is NC(=O)C1([C@@H]2CC(=O)N(c3ccc4c(cnn4-c4ccc(F)cc4)c3)[C@H]2c2cccc(F)c2)CC1. The van der Waals surface area contributed by atoms with Crippen molar-refractivity contribution in [1.82, 2.24) is 9.78 Å². The fourth-order valence-electron chi connectivity index (χ4n) is 5.50. The number of carbonyl (C=O) groups excluding carboxylic acids is 2. The summed E-state index contributed by atoms with van der Waals surface area (Å²) in [5.41, 5.74) is 7.80. The monoisotopic (exact) mass is 472 g/mol. The molecule has 8 heteroatoms. The first-order chi connectivity index (χ1) is 16.9. The Hall–Kier alpha value is -4.07. The van der Waals surface area contributed by atoms with E-state index in [0.29, 0.717) is 29.8 Å². The molecule has 2 fully saturated rings. The highest BCUT2D eigenvalue weighted by Crippen LogP contribution is 2.61. The summed E-state index contributed by atoms with van der Waals surface area (Å²) < 4.78 is 29.3. The standard InChI is InChI=1S/C27H22F2N4O2/c28-18-4-6-20(7-5-18)33-23-9-8-21(13-17(23)15-31-33)32-24(34)14-22(27(10-11-27)26(30)35)25(32)16-2-1-3-19(29)12-16/h1-9,12-13,15,22,25H,10-11,14H2,(H2,30,35)/t22-,25+/m1/s1. The topological polar surface area (TPSA) is 81.2 Å². The largest absolute Gasteiger partial charge is 0.369 e. The van der Waals surface area contributed by atoms with Crippen molar-refractivity contribution in [3.8, 4) is 5.69 Å². The minimum Gasteiger partial charge on any atom is -0.369 e. The van der Waals surface area contributed by atoms with Gasteiger partial charge in [-0.3, -0.25) is 9.59 Å². The predicted molar refractivity (Wildman–Crippen MR) is 127 cm³/mol. The molecule has 6 nitrogen and oxygen atoms in total. The van der Waals surface area contributed by atoms with Crippen LogP contribution in [0.1, 0.15) is 30.9 Å². The van der Waals surface area contributed by atoms with Gasteiger partial charge < -0.3 is 10.6 Å². The molecule has 0 radical (unpaired) electrons. The van der Waals surface area contributed by atoms with Gasteiger partial charge in [0.25, 0.3) is 0 Å².